The molecular weight excluding hydrogens is 336 g/mol. The van der Waals surface area contributed by atoms with E-state index in [0.717, 1.165) is 42.8 Å². The lowest BCUT2D eigenvalue weighted by molar-refractivity contribution is -0.120. The smallest absolute Gasteiger partial charge is 0.228 e. The molecule has 3 heterocycles. The van der Waals surface area contributed by atoms with Crippen LogP contribution in [0.25, 0.3) is 16.6 Å². The number of hydrogen-bond acceptors (Lipinski definition) is 5. The summed E-state index contributed by atoms with van der Waals surface area (Å²) in [5.41, 5.74) is 1.61. The molecule has 1 saturated carbocycles. The van der Waals surface area contributed by atoms with Crippen LogP contribution in [-0.2, 0) is 4.79 Å². The largest absolute Gasteiger partial charge is 0.463 e. The summed E-state index contributed by atoms with van der Waals surface area (Å²) in [6.07, 6.45) is 7.07. The third-order valence-electron chi connectivity index (χ3n) is 4.51. The van der Waals surface area contributed by atoms with E-state index in [9.17, 15) is 4.79 Å². The summed E-state index contributed by atoms with van der Waals surface area (Å²) in [5, 5.41) is 10.2. The summed E-state index contributed by atoms with van der Waals surface area (Å²) in [5.74, 6) is 1.59. The SMILES string of the molecule is Cc1cc(NC(=O)C2CCCCC2)n(-c2nc(-c3ccco3)cs2)n1. The lowest BCUT2D eigenvalue weighted by Gasteiger charge is -2.20. The molecule has 0 spiro atoms. The number of furan rings is 1. The summed E-state index contributed by atoms with van der Waals surface area (Å²) in [7, 11) is 0. The van der Waals surface area contributed by atoms with E-state index >= 15 is 0 Å². The van der Waals surface area contributed by atoms with Crippen LogP contribution in [0.2, 0.25) is 0 Å². The number of thiazole rings is 1. The quantitative estimate of drug-likeness (QED) is 0.751. The van der Waals surface area contributed by atoms with Crippen LogP contribution < -0.4 is 5.32 Å². The Morgan fingerprint density at radius 3 is 2.96 bits per heavy atom. The number of carbonyl (C=O) groups excluding carboxylic acids is 1. The normalized spacial score (nSPS) is 15.4. The molecule has 25 heavy (non-hydrogen) atoms. The molecule has 0 bridgehead atoms. The Kier molecular flexibility index (Phi) is 4.40. The molecule has 0 unspecified atom stereocenters. The van der Waals surface area contributed by atoms with Crippen molar-refractivity contribution in [3.63, 3.8) is 0 Å². The zero-order valence-electron chi connectivity index (χ0n) is 14.1. The predicted octanol–water partition coefficient (Wildman–Crippen LogP) is 4.42. The van der Waals surface area contributed by atoms with Crippen LogP contribution in [0.1, 0.15) is 37.8 Å². The second-order valence-electron chi connectivity index (χ2n) is 6.40. The Morgan fingerprint density at radius 2 is 2.20 bits per heavy atom. The fourth-order valence-electron chi connectivity index (χ4n) is 3.23. The maximum absolute atomic E-state index is 12.6. The number of carbonyl (C=O) groups is 1. The standard InChI is InChI=1S/C18H20N4O2S/c1-12-10-16(20-17(23)13-6-3-2-4-7-13)22(21-12)18-19-14(11-25-18)15-8-5-9-24-15/h5,8-11,13H,2-4,6-7H2,1H3,(H,20,23). The minimum absolute atomic E-state index is 0.0867. The van der Waals surface area contributed by atoms with Crippen molar-refractivity contribution in [2.45, 2.75) is 39.0 Å². The monoisotopic (exact) mass is 356 g/mol. The molecule has 0 atom stereocenters. The second kappa shape index (κ2) is 6.84. The Labute approximate surface area is 149 Å². The van der Waals surface area contributed by atoms with Gasteiger partial charge in [0.05, 0.1) is 12.0 Å². The van der Waals surface area contributed by atoms with E-state index < -0.39 is 0 Å². The van der Waals surface area contributed by atoms with Crippen molar-refractivity contribution in [2.75, 3.05) is 5.32 Å². The lowest BCUT2D eigenvalue weighted by Crippen LogP contribution is -2.25. The van der Waals surface area contributed by atoms with Gasteiger partial charge in [0.15, 0.2) is 5.76 Å². The first kappa shape index (κ1) is 16.1. The fourth-order valence-corrected chi connectivity index (χ4v) is 4.00. The summed E-state index contributed by atoms with van der Waals surface area (Å²) < 4.78 is 7.09. The van der Waals surface area contributed by atoms with E-state index in [2.05, 4.69) is 15.4 Å². The molecule has 0 saturated heterocycles. The molecule has 6 nitrogen and oxygen atoms in total. The lowest BCUT2D eigenvalue weighted by atomic mass is 9.89. The number of aromatic nitrogens is 3. The van der Waals surface area contributed by atoms with Crippen molar-refractivity contribution < 1.29 is 9.21 Å². The number of rotatable bonds is 4. The molecule has 3 aromatic rings. The van der Waals surface area contributed by atoms with Gasteiger partial charge in [0.2, 0.25) is 11.0 Å². The van der Waals surface area contributed by atoms with Gasteiger partial charge in [0, 0.05) is 17.4 Å². The third kappa shape index (κ3) is 3.37. The Bertz CT molecular complexity index is 860. The molecule has 1 fully saturated rings. The molecule has 4 rings (SSSR count). The number of anilines is 1. The zero-order valence-corrected chi connectivity index (χ0v) is 14.9. The predicted molar refractivity (Wildman–Crippen MR) is 96.9 cm³/mol. The fraction of sp³-hybridized carbons (Fsp3) is 0.389. The third-order valence-corrected chi connectivity index (χ3v) is 5.32. The average molecular weight is 356 g/mol. The minimum Gasteiger partial charge on any atom is -0.463 e. The van der Waals surface area contributed by atoms with Crippen LogP contribution in [-0.4, -0.2) is 20.7 Å². The zero-order chi connectivity index (χ0) is 17.2. The highest BCUT2D eigenvalue weighted by Crippen LogP contribution is 2.28. The number of hydrogen-bond donors (Lipinski definition) is 1. The van der Waals surface area contributed by atoms with Crippen molar-refractivity contribution in [1.29, 1.82) is 0 Å². The molecule has 0 aromatic carbocycles. The summed E-state index contributed by atoms with van der Waals surface area (Å²) in [6.45, 7) is 1.91. The molecule has 1 amide bonds. The summed E-state index contributed by atoms with van der Waals surface area (Å²) in [6, 6.07) is 5.59. The molecule has 3 aromatic heterocycles. The number of aryl methyl sites for hydroxylation is 1. The van der Waals surface area contributed by atoms with Crippen LogP contribution >= 0.6 is 11.3 Å². The number of nitrogens with zero attached hydrogens (tertiary/aromatic N) is 3. The molecule has 0 aliphatic heterocycles. The molecular formula is C18H20N4O2S. The van der Waals surface area contributed by atoms with Crippen molar-refractivity contribution in [3.05, 3.63) is 35.5 Å². The van der Waals surface area contributed by atoms with Crippen molar-refractivity contribution in [3.8, 4) is 16.6 Å². The van der Waals surface area contributed by atoms with Gasteiger partial charge >= 0.3 is 0 Å². The van der Waals surface area contributed by atoms with Gasteiger partial charge in [-0.15, -0.1) is 11.3 Å². The van der Waals surface area contributed by atoms with Gasteiger partial charge < -0.3 is 9.73 Å². The molecule has 1 aliphatic carbocycles. The van der Waals surface area contributed by atoms with Crippen LogP contribution in [0.3, 0.4) is 0 Å². The number of nitrogens with one attached hydrogen (secondary N) is 1. The van der Waals surface area contributed by atoms with Gasteiger partial charge in [0.1, 0.15) is 11.5 Å². The van der Waals surface area contributed by atoms with Gasteiger partial charge in [0.25, 0.3) is 0 Å². The molecule has 0 radical (unpaired) electrons. The molecule has 1 aliphatic rings. The van der Waals surface area contributed by atoms with Crippen LogP contribution in [0.4, 0.5) is 5.82 Å². The van der Waals surface area contributed by atoms with Crippen molar-refractivity contribution in [1.82, 2.24) is 14.8 Å². The first-order valence-electron chi connectivity index (χ1n) is 8.58. The highest BCUT2D eigenvalue weighted by molar-refractivity contribution is 7.12. The van der Waals surface area contributed by atoms with Crippen LogP contribution in [0, 0.1) is 12.8 Å². The van der Waals surface area contributed by atoms with Gasteiger partial charge in [-0.3, -0.25) is 4.79 Å². The van der Waals surface area contributed by atoms with Crippen LogP contribution in [0.15, 0.2) is 34.3 Å². The van der Waals surface area contributed by atoms with E-state index in [-0.39, 0.29) is 11.8 Å². The topological polar surface area (TPSA) is 73.0 Å². The van der Waals surface area contributed by atoms with E-state index in [1.165, 1.54) is 17.8 Å². The maximum Gasteiger partial charge on any atom is 0.228 e. The van der Waals surface area contributed by atoms with E-state index in [1.807, 2.05) is 30.5 Å². The molecule has 130 valence electrons. The molecule has 1 N–H and O–H groups in total. The van der Waals surface area contributed by atoms with Gasteiger partial charge in [-0.25, -0.2) is 4.98 Å². The van der Waals surface area contributed by atoms with Crippen molar-refractivity contribution in [2.24, 2.45) is 5.92 Å². The Balaban J connectivity index is 1.57. The second-order valence-corrected chi connectivity index (χ2v) is 7.24. The van der Waals surface area contributed by atoms with Gasteiger partial charge in [-0.2, -0.15) is 9.78 Å². The first-order valence-corrected chi connectivity index (χ1v) is 9.46. The molecule has 7 heteroatoms. The first-order chi connectivity index (χ1) is 12.2. The van der Waals surface area contributed by atoms with E-state index in [0.29, 0.717) is 10.9 Å². The van der Waals surface area contributed by atoms with E-state index in [1.54, 1.807) is 10.9 Å². The van der Waals surface area contributed by atoms with E-state index in [4.69, 9.17) is 4.42 Å². The Hall–Kier alpha value is -2.41. The average Bonchev–Trinajstić information content (AvgIpc) is 3.35. The summed E-state index contributed by atoms with van der Waals surface area (Å²) in [4.78, 5) is 17.2. The van der Waals surface area contributed by atoms with Gasteiger partial charge in [-0.05, 0) is 31.9 Å². The number of amides is 1. The van der Waals surface area contributed by atoms with Crippen molar-refractivity contribution >= 4 is 23.1 Å². The highest BCUT2D eigenvalue weighted by Gasteiger charge is 2.23. The van der Waals surface area contributed by atoms with Gasteiger partial charge in [-0.1, -0.05) is 19.3 Å². The highest BCUT2D eigenvalue weighted by atomic mass is 32.1. The summed E-state index contributed by atoms with van der Waals surface area (Å²) >= 11 is 1.47. The Morgan fingerprint density at radius 1 is 1.36 bits per heavy atom. The van der Waals surface area contributed by atoms with Crippen LogP contribution in [0.5, 0.6) is 0 Å². The maximum atomic E-state index is 12.6. The minimum atomic E-state index is 0.0867.